The lowest BCUT2D eigenvalue weighted by atomic mass is 10.1. The van der Waals surface area contributed by atoms with Gasteiger partial charge in [-0.2, -0.15) is 0 Å². The molecule has 1 aromatic rings. The van der Waals surface area contributed by atoms with Gasteiger partial charge in [0.2, 0.25) is 0 Å². The Kier molecular flexibility index (Phi) is 4.07. The summed E-state index contributed by atoms with van der Waals surface area (Å²) in [6.45, 7) is 5.42. The van der Waals surface area contributed by atoms with Crippen LogP contribution in [0.15, 0.2) is 24.3 Å². The summed E-state index contributed by atoms with van der Waals surface area (Å²) in [5, 5.41) is 9.75. The fourth-order valence-electron chi connectivity index (χ4n) is 1.13. The molecule has 0 saturated heterocycles. The van der Waals surface area contributed by atoms with Gasteiger partial charge in [0, 0.05) is 5.56 Å². The predicted molar refractivity (Wildman–Crippen MR) is 62.9 cm³/mol. The Bertz CT molecular complexity index is 352. The Morgan fingerprint density at radius 2 is 1.94 bits per heavy atom. The summed E-state index contributed by atoms with van der Waals surface area (Å²) in [6, 6.07) is 6.92. The Hall–Kier alpha value is -1.35. The SMILES string of the molecule is CCC(C)(O)COc1ccc(C(C)=O)cc1. The molecule has 3 heteroatoms. The molecular formula is C13H18O3. The van der Waals surface area contributed by atoms with Crippen LogP contribution >= 0.6 is 0 Å². The lowest BCUT2D eigenvalue weighted by Crippen LogP contribution is -2.31. The smallest absolute Gasteiger partial charge is 0.159 e. The average molecular weight is 222 g/mol. The van der Waals surface area contributed by atoms with Gasteiger partial charge in [0.25, 0.3) is 0 Å². The molecule has 1 N–H and O–H groups in total. The number of carbonyl (C=O) groups is 1. The zero-order chi connectivity index (χ0) is 12.2. The highest BCUT2D eigenvalue weighted by Gasteiger charge is 2.18. The molecule has 1 atom stereocenters. The first-order chi connectivity index (χ1) is 7.44. The molecule has 0 amide bonds. The number of hydrogen-bond acceptors (Lipinski definition) is 3. The number of ether oxygens (including phenoxy) is 1. The van der Waals surface area contributed by atoms with Crippen molar-refractivity contribution in [3.8, 4) is 5.75 Å². The summed E-state index contributed by atoms with van der Waals surface area (Å²) in [4.78, 5) is 11.0. The number of ketones is 1. The molecular weight excluding hydrogens is 204 g/mol. The summed E-state index contributed by atoms with van der Waals surface area (Å²) in [5.74, 6) is 0.700. The second-order valence-electron chi connectivity index (χ2n) is 4.22. The minimum Gasteiger partial charge on any atom is -0.491 e. The van der Waals surface area contributed by atoms with Gasteiger partial charge in [-0.05, 0) is 44.5 Å². The van der Waals surface area contributed by atoms with Crippen molar-refractivity contribution < 1.29 is 14.6 Å². The molecule has 0 fully saturated rings. The Balaban J connectivity index is 2.59. The van der Waals surface area contributed by atoms with Crippen molar-refractivity contribution in [2.24, 2.45) is 0 Å². The molecule has 0 aliphatic carbocycles. The van der Waals surface area contributed by atoms with Crippen LogP contribution in [0.3, 0.4) is 0 Å². The third kappa shape index (κ3) is 3.66. The van der Waals surface area contributed by atoms with E-state index in [0.717, 1.165) is 0 Å². The number of carbonyl (C=O) groups excluding carboxylic acids is 1. The van der Waals surface area contributed by atoms with Gasteiger partial charge in [-0.15, -0.1) is 0 Å². The first-order valence-electron chi connectivity index (χ1n) is 5.41. The lowest BCUT2D eigenvalue weighted by molar-refractivity contribution is 0.00846. The van der Waals surface area contributed by atoms with E-state index in [1.807, 2.05) is 6.92 Å². The zero-order valence-electron chi connectivity index (χ0n) is 9.99. The maximum absolute atomic E-state index is 11.0. The number of rotatable bonds is 5. The van der Waals surface area contributed by atoms with Crippen molar-refractivity contribution in [3.05, 3.63) is 29.8 Å². The highest BCUT2D eigenvalue weighted by molar-refractivity contribution is 5.94. The van der Waals surface area contributed by atoms with E-state index in [0.29, 0.717) is 17.7 Å². The number of hydrogen-bond donors (Lipinski definition) is 1. The quantitative estimate of drug-likeness (QED) is 0.778. The summed E-state index contributed by atoms with van der Waals surface area (Å²) < 4.78 is 5.44. The van der Waals surface area contributed by atoms with E-state index < -0.39 is 5.60 Å². The van der Waals surface area contributed by atoms with Crippen LogP contribution in [-0.4, -0.2) is 23.1 Å². The number of Topliss-reactive ketones (excluding diaryl/α,β-unsaturated/α-hetero) is 1. The van der Waals surface area contributed by atoms with Gasteiger partial charge in [0.05, 0.1) is 5.60 Å². The van der Waals surface area contributed by atoms with Gasteiger partial charge in [-0.25, -0.2) is 0 Å². The van der Waals surface area contributed by atoms with Crippen LogP contribution in [0.5, 0.6) is 5.75 Å². The van der Waals surface area contributed by atoms with Crippen molar-refractivity contribution in [1.29, 1.82) is 0 Å². The minimum atomic E-state index is -0.806. The molecule has 0 aliphatic rings. The monoisotopic (exact) mass is 222 g/mol. The maximum Gasteiger partial charge on any atom is 0.159 e. The van der Waals surface area contributed by atoms with Crippen LogP contribution in [-0.2, 0) is 0 Å². The standard InChI is InChI=1S/C13H18O3/c1-4-13(3,15)9-16-12-7-5-11(6-8-12)10(2)14/h5-8,15H,4,9H2,1-3H3. The maximum atomic E-state index is 11.0. The van der Waals surface area contributed by atoms with Gasteiger partial charge in [0.1, 0.15) is 12.4 Å². The van der Waals surface area contributed by atoms with Gasteiger partial charge in [0.15, 0.2) is 5.78 Å². The van der Waals surface area contributed by atoms with E-state index >= 15 is 0 Å². The first kappa shape index (κ1) is 12.7. The summed E-state index contributed by atoms with van der Waals surface area (Å²) in [6.07, 6.45) is 0.637. The summed E-state index contributed by atoms with van der Waals surface area (Å²) in [5.41, 5.74) is -0.145. The van der Waals surface area contributed by atoms with E-state index in [1.54, 1.807) is 31.2 Å². The van der Waals surface area contributed by atoms with Crippen LogP contribution in [0, 0.1) is 0 Å². The number of aliphatic hydroxyl groups is 1. The highest BCUT2D eigenvalue weighted by atomic mass is 16.5. The molecule has 16 heavy (non-hydrogen) atoms. The van der Waals surface area contributed by atoms with Crippen LogP contribution in [0.2, 0.25) is 0 Å². The third-order valence-corrected chi connectivity index (χ3v) is 2.57. The van der Waals surface area contributed by atoms with Gasteiger partial charge < -0.3 is 9.84 Å². The summed E-state index contributed by atoms with van der Waals surface area (Å²) in [7, 11) is 0. The van der Waals surface area contributed by atoms with Crippen LogP contribution < -0.4 is 4.74 Å². The molecule has 1 aromatic carbocycles. The van der Waals surface area contributed by atoms with E-state index in [2.05, 4.69) is 0 Å². The van der Waals surface area contributed by atoms with Crippen LogP contribution in [0.1, 0.15) is 37.6 Å². The van der Waals surface area contributed by atoms with E-state index in [4.69, 9.17) is 4.74 Å². The zero-order valence-corrected chi connectivity index (χ0v) is 9.99. The predicted octanol–water partition coefficient (Wildman–Crippen LogP) is 2.43. The molecule has 88 valence electrons. The molecule has 1 rings (SSSR count). The van der Waals surface area contributed by atoms with E-state index in [1.165, 1.54) is 6.92 Å². The molecule has 0 spiro atoms. The van der Waals surface area contributed by atoms with Crippen molar-refractivity contribution in [2.75, 3.05) is 6.61 Å². The van der Waals surface area contributed by atoms with Crippen molar-refractivity contribution in [3.63, 3.8) is 0 Å². The van der Waals surface area contributed by atoms with Gasteiger partial charge in [-0.3, -0.25) is 4.79 Å². The van der Waals surface area contributed by atoms with Gasteiger partial charge in [-0.1, -0.05) is 6.92 Å². The Labute approximate surface area is 96.1 Å². The Morgan fingerprint density at radius 1 is 1.38 bits per heavy atom. The third-order valence-electron chi connectivity index (χ3n) is 2.57. The fourth-order valence-corrected chi connectivity index (χ4v) is 1.13. The molecule has 0 radical (unpaired) electrons. The molecule has 0 aliphatic heterocycles. The molecule has 3 nitrogen and oxygen atoms in total. The minimum absolute atomic E-state index is 0.0344. The van der Waals surface area contributed by atoms with Gasteiger partial charge >= 0.3 is 0 Å². The molecule has 0 bridgehead atoms. The van der Waals surface area contributed by atoms with E-state index in [-0.39, 0.29) is 12.4 Å². The molecule has 0 saturated carbocycles. The average Bonchev–Trinajstić information content (AvgIpc) is 2.27. The van der Waals surface area contributed by atoms with Crippen LogP contribution in [0.4, 0.5) is 0 Å². The lowest BCUT2D eigenvalue weighted by Gasteiger charge is -2.21. The topological polar surface area (TPSA) is 46.5 Å². The second kappa shape index (κ2) is 5.12. The van der Waals surface area contributed by atoms with Crippen molar-refractivity contribution in [2.45, 2.75) is 32.8 Å². The Morgan fingerprint density at radius 3 is 2.38 bits per heavy atom. The first-order valence-corrected chi connectivity index (χ1v) is 5.41. The van der Waals surface area contributed by atoms with Crippen molar-refractivity contribution in [1.82, 2.24) is 0 Å². The molecule has 0 aromatic heterocycles. The second-order valence-corrected chi connectivity index (χ2v) is 4.22. The molecule has 0 heterocycles. The largest absolute Gasteiger partial charge is 0.491 e. The summed E-state index contributed by atoms with van der Waals surface area (Å²) >= 11 is 0. The fraction of sp³-hybridized carbons (Fsp3) is 0.462. The number of benzene rings is 1. The van der Waals surface area contributed by atoms with Crippen molar-refractivity contribution >= 4 is 5.78 Å². The molecule has 1 unspecified atom stereocenters. The van der Waals surface area contributed by atoms with E-state index in [9.17, 15) is 9.90 Å². The normalized spacial score (nSPS) is 14.2. The highest BCUT2D eigenvalue weighted by Crippen LogP contribution is 2.16. The van der Waals surface area contributed by atoms with Crippen LogP contribution in [0.25, 0.3) is 0 Å².